The molecule has 0 saturated carbocycles. The van der Waals surface area contributed by atoms with E-state index in [1.807, 2.05) is 0 Å². The lowest BCUT2D eigenvalue weighted by Gasteiger charge is -2.10. The van der Waals surface area contributed by atoms with E-state index in [4.69, 9.17) is 21.4 Å². The van der Waals surface area contributed by atoms with Crippen molar-refractivity contribution < 1.29 is 14.6 Å². The monoisotopic (exact) mass is 294 g/mol. The molecule has 1 aromatic carbocycles. The summed E-state index contributed by atoms with van der Waals surface area (Å²) < 4.78 is 6.68. The van der Waals surface area contributed by atoms with Gasteiger partial charge in [-0.05, 0) is 12.1 Å². The molecule has 1 heterocycles. The van der Waals surface area contributed by atoms with Gasteiger partial charge in [-0.25, -0.2) is 14.6 Å². The van der Waals surface area contributed by atoms with E-state index in [1.165, 1.54) is 23.0 Å². The Morgan fingerprint density at radius 2 is 2.15 bits per heavy atom. The molecule has 0 saturated heterocycles. The maximum absolute atomic E-state index is 11.4. The van der Waals surface area contributed by atoms with Gasteiger partial charge < -0.3 is 9.84 Å². The first-order valence-corrected chi connectivity index (χ1v) is 6.13. The van der Waals surface area contributed by atoms with E-state index < -0.39 is 11.7 Å². The van der Waals surface area contributed by atoms with Gasteiger partial charge in [0.25, 0.3) is 0 Å². The van der Waals surface area contributed by atoms with E-state index in [0.29, 0.717) is 5.02 Å². The van der Waals surface area contributed by atoms with Gasteiger partial charge in [-0.3, -0.25) is 4.57 Å². The number of aromatic nitrogens is 2. The number of nitrogens with zero attached hydrogens (tertiary/aromatic N) is 2. The summed E-state index contributed by atoms with van der Waals surface area (Å²) in [5, 5.41) is 9.34. The van der Waals surface area contributed by atoms with Gasteiger partial charge in [0.2, 0.25) is 0 Å². The first-order valence-electron chi connectivity index (χ1n) is 5.75. The number of para-hydroxylation sites is 1. The zero-order valence-electron chi connectivity index (χ0n) is 10.3. The van der Waals surface area contributed by atoms with Crippen molar-refractivity contribution in [1.82, 2.24) is 9.55 Å². The van der Waals surface area contributed by atoms with Crippen molar-refractivity contribution in [3.05, 3.63) is 57.7 Å². The lowest BCUT2D eigenvalue weighted by atomic mass is 10.2. The molecule has 2 rings (SSSR count). The van der Waals surface area contributed by atoms with Crippen molar-refractivity contribution in [3.8, 4) is 5.75 Å². The summed E-state index contributed by atoms with van der Waals surface area (Å²) in [7, 11) is 0. The highest BCUT2D eigenvalue weighted by molar-refractivity contribution is 6.30. The van der Waals surface area contributed by atoms with Gasteiger partial charge in [-0.1, -0.05) is 23.7 Å². The quantitative estimate of drug-likeness (QED) is 0.907. The fraction of sp³-hybridized carbons (Fsp3) is 0.154. The summed E-state index contributed by atoms with van der Waals surface area (Å²) in [5.41, 5.74) is -0.367. The second kappa shape index (κ2) is 6.21. The molecule has 0 aliphatic heterocycles. The fourth-order valence-corrected chi connectivity index (χ4v) is 1.78. The number of ether oxygens (including phenoxy) is 1. The van der Waals surface area contributed by atoms with Crippen LogP contribution in [0.3, 0.4) is 0 Å². The van der Waals surface area contributed by atoms with Crippen LogP contribution >= 0.6 is 11.6 Å². The van der Waals surface area contributed by atoms with Gasteiger partial charge in [0.15, 0.2) is 0 Å². The number of carbonyl (C=O) groups is 1. The number of halogens is 1. The third-order valence-corrected chi connectivity index (χ3v) is 2.73. The maximum Gasteiger partial charge on any atom is 0.347 e. The Kier molecular flexibility index (Phi) is 4.37. The Morgan fingerprint density at radius 1 is 1.40 bits per heavy atom. The molecular weight excluding hydrogens is 284 g/mol. The first kappa shape index (κ1) is 14.1. The zero-order chi connectivity index (χ0) is 14.5. The minimum Gasteiger partial charge on any atom is -0.491 e. The van der Waals surface area contributed by atoms with E-state index in [9.17, 15) is 9.59 Å². The minimum atomic E-state index is -1.07. The summed E-state index contributed by atoms with van der Waals surface area (Å²) in [6.07, 6.45) is 2.71. The van der Waals surface area contributed by atoms with Gasteiger partial charge >= 0.3 is 11.7 Å². The molecule has 1 N–H and O–H groups in total. The van der Waals surface area contributed by atoms with Crippen molar-refractivity contribution >= 4 is 17.6 Å². The average molecular weight is 295 g/mol. The van der Waals surface area contributed by atoms with Gasteiger partial charge in [-0.2, -0.15) is 0 Å². The van der Waals surface area contributed by atoms with Crippen LogP contribution in [0, 0.1) is 0 Å². The van der Waals surface area contributed by atoms with E-state index >= 15 is 0 Å². The van der Waals surface area contributed by atoms with Gasteiger partial charge in [0, 0.05) is 6.20 Å². The number of carboxylic acids is 1. The number of hydrogen-bond donors (Lipinski definition) is 1. The van der Waals surface area contributed by atoms with Crippen molar-refractivity contribution in [2.75, 3.05) is 6.61 Å². The third-order valence-electron chi connectivity index (χ3n) is 2.53. The summed E-state index contributed by atoms with van der Waals surface area (Å²) in [6.45, 7) is 0.354. The topological polar surface area (TPSA) is 81.4 Å². The van der Waals surface area contributed by atoms with Gasteiger partial charge in [-0.15, -0.1) is 0 Å². The molecule has 7 heteroatoms. The summed E-state index contributed by atoms with van der Waals surface area (Å²) in [4.78, 5) is 26.0. The average Bonchev–Trinajstić information content (AvgIpc) is 2.43. The SMILES string of the molecule is O=C(O)c1ccccc1OCCn1cc(Cl)cnc1=O. The fourth-order valence-electron chi connectivity index (χ4n) is 1.61. The largest absolute Gasteiger partial charge is 0.491 e. The van der Waals surface area contributed by atoms with Crippen LogP contribution in [0.4, 0.5) is 0 Å². The predicted octanol–water partition coefficient (Wildman–Crippen LogP) is 1.67. The molecule has 0 unspecified atom stereocenters. The smallest absolute Gasteiger partial charge is 0.347 e. The van der Waals surface area contributed by atoms with Gasteiger partial charge in [0.05, 0.1) is 17.8 Å². The Hall–Kier alpha value is -2.34. The Morgan fingerprint density at radius 3 is 2.90 bits per heavy atom. The number of carboxylic acid groups (broad SMARTS) is 1. The molecule has 1 aromatic heterocycles. The highest BCUT2D eigenvalue weighted by Crippen LogP contribution is 2.17. The standard InChI is InChI=1S/C13H11ClN2O4/c14-9-7-15-13(19)16(8-9)5-6-20-11-4-2-1-3-10(11)12(17)18/h1-4,7-8H,5-6H2,(H,17,18). The second-order valence-electron chi connectivity index (χ2n) is 3.90. The molecule has 0 amide bonds. The molecule has 0 atom stereocenters. The van der Waals surface area contributed by atoms with Crippen LogP contribution in [0.2, 0.25) is 5.02 Å². The van der Waals surface area contributed by atoms with E-state index in [-0.39, 0.29) is 24.5 Å². The van der Waals surface area contributed by atoms with E-state index in [2.05, 4.69) is 4.98 Å². The van der Waals surface area contributed by atoms with Crippen molar-refractivity contribution in [3.63, 3.8) is 0 Å². The number of hydrogen-bond acceptors (Lipinski definition) is 4. The second-order valence-corrected chi connectivity index (χ2v) is 4.33. The normalized spacial score (nSPS) is 10.2. The lowest BCUT2D eigenvalue weighted by molar-refractivity contribution is 0.0692. The van der Waals surface area contributed by atoms with Crippen LogP contribution in [0.1, 0.15) is 10.4 Å². The zero-order valence-corrected chi connectivity index (χ0v) is 11.1. The van der Waals surface area contributed by atoms with Crippen molar-refractivity contribution in [2.24, 2.45) is 0 Å². The predicted molar refractivity (Wildman–Crippen MR) is 72.4 cm³/mol. The van der Waals surface area contributed by atoms with Crippen LogP contribution in [0.25, 0.3) is 0 Å². The van der Waals surface area contributed by atoms with Crippen molar-refractivity contribution in [1.29, 1.82) is 0 Å². The first-order chi connectivity index (χ1) is 9.58. The molecule has 6 nitrogen and oxygen atoms in total. The molecule has 0 radical (unpaired) electrons. The molecule has 0 spiro atoms. The highest BCUT2D eigenvalue weighted by atomic mass is 35.5. The Balaban J connectivity index is 2.05. The summed E-state index contributed by atoms with van der Waals surface area (Å²) >= 11 is 5.74. The molecule has 0 aliphatic rings. The molecule has 2 aromatic rings. The van der Waals surface area contributed by atoms with E-state index in [0.717, 1.165) is 0 Å². The maximum atomic E-state index is 11.4. The molecule has 20 heavy (non-hydrogen) atoms. The van der Waals surface area contributed by atoms with E-state index in [1.54, 1.807) is 18.2 Å². The van der Waals surface area contributed by atoms with Crippen LogP contribution in [-0.4, -0.2) is 27.2 Å². The molecular formula is C13H11ClN2O4. The highest BCUT2D eigenvalue weighted by Gasteiger charge is 2.09. The molecule has 0 aliphatic carbocycles. The molecule has 0 fully saturated rings. The minimum absolute atomic E-state index is 0.0732. The van der Waals surface area contributed by atoms with Gasteiger partial charge in [0.1, 0.15) is 17.9 Å². The number of benzene rings is 1. The van der Waals surface area contributed by atoms with Crippen LogP contribution in [0.15, 0.2) is 41.5 Å². The third kappa shape index (κ3) is 3.36. The summed E-state index contributed by atoms with van der Waals surface area (Å²) in [6, 6.07) is 6.30. The Bertz CT molecular complexity index is 684. The number of aromatic carboxylic acids is 1. The van der Waals surface area contributed by atoms with Crippen LogP contribution < -0.4 is 10.4 Å². The lowest BCUT2D eigenvalue weighted by Crippen LogP contribution is -2.24. The molecule has 0 bridgehead atoms. The summed E-state index contributed by atoms with van der Waals surface area (Å²) in [5.74, 6) is -0.815. The Labute approximate surface area is 119 Å². The number of rotatable bonds is 5. The van der Waals surface area contributed by atoms with Crippen LogP contribution in [-0.2, 0) is 6.54 Å². The van der Waals surface area contributed by atoms with Crippen molar-refractivity contribution in [2.45, 2.75) is 6.54 Å². The van der Waals surface area contributed by atoms with Crippen LogP contribution in [0.5, 0.6) is 5.75 Å². The molecule has 104 valence electrons.